The van der Waals surface area contributed by atoms with E-state index in [0.717, 1.165) is 0 Å². The highest BCUT2D eigenvalue weighted by Crippen LogP contribution is 2.32. The number of rotatable bonds is 2. The van der Waals surface area contributed by atoms with E-state index in [1.165, 1.54) is 11.2 Å². The number of amides is 1. The van der Waals surface area contributed by atoms with Crippen LogP contribution in [0.2, 0.25) is 0 Å². The number of aromatic nitrogens is 4. The fourth-order valence-electron chi connectivity index (χ4n) is 2.12. The Morgan fingerprint density at radius 1 is 1.41 bits per heavy atom. The quantitative estimate of drug-likeness (QED) is 0.888. The van der Waals surface area contributed by atoms with E-state index in [0.29, 0.717) is 12.2 Å². The van der Waals surface area contributed by atoms with Crippen LogP contribution in [-0.4, -0.2) is 50.7 Å². The SMILES string of the molecule is O=C(c1ncoc1C(F)(F)F)N1CCOC(c2ncn[nH]2)C1. The maximum Gasteiger partial charge on any atom is 0.452 e. The molecular weight excluding hydrogens is 307 g/mol. The molecule has 1 amide bonds. The van der Waals surface area contributed by atoms with Crippen molar-refractivity contribution in [2.24, 2.45) is 0 Å². The van der Waals surface area contributed by atoms with Gasteiger partial charge in [-0.15, -0.1) is 0 Å². The molecule has 0 bridgehead atoms. The van der Waals surface area contributed by atoms with Gasteiger partial charge >= 0.3 is 6.18 Å². The Kier molecular flexibility index (Phi) is 3.56. The molecule has 1 N–H and O–H groups in total. The second-order valence-corrected chi connectivity index (χ2v) is 4.51. The van der Waals surface area contributed by atoms with Crippen LogP contribution in [0.15, 0.2) is 17.1 Å². The van der Waals surface area contributed by atoms with Crippen molar-refractivity contribution < 1.29 is 27.1 Å². The highest BCUT2D eigenvalue weighted by atomic mass is 19.4. The lowest BCUT2D eigenvalue weighted by molar-refractivity contribution is -0.153. The molecule has 2 aromatic heterocycles. The van der Waals surface area contributed by atoms with Gasteiger partial charge in [0.1, 0.15) is 12.4 Å². The molecular formula is C11H10F3N5O3. The minimum Gasteiger partial charge on any atom is -0.438 e. The van der Waals surface area contributed by atoms with Crippen LogP contribution in [0.4, 0.5) is 13.2 Å². The maximum atomic E-state index is 12.8. The van der Waals surface area contributed by atoms with E-state index in [4.69, 9.17) is 4.74 Å². The fraction of sp³-hybridized carbons (Fsp3) is 0.455. The second-order valence-electron chi connectivity index (χ2n) is 4.51. The average Bonchev–Trinajstić information content (AvgIpc) is 3.17. The summed E-state index contributed by atoms with van der Waals surface area (Å²) in [5, 5.41) is 6.27. The molecule has 3 heterocycles. The molecule has 22 heavy (non-hydrogen) atoms. The van der Waals surface area contributed by atoms with Gasteiger partial charge in [-0.05, 0) is 0 Å². The highest BCUT2D eigenvalue weighted by Gasteiger charge is 2.42. The van der Waals surface area contributed by atoms with E-state index < -0.39 is 29.6 Å². The third-order valence-electron chi connectivity index (χ3n) is 3.12. The number of carbonyl (C=O) groups is 1. The van der Waals surface area contributed by atoms with Crippen molar-refractivity contribution in [2.75, 3.05) is 19.7 Å². The van der Waals surface area contributed by atoms with E-state index in [1.54, 1.807) is 0 Å². The molecule has 0 radical (unpaired) electrons. The number of H-pyrrole nitrogens is 1. The van der Waals surface area contributed by atoms with Gasteiger partial charge in [0.2, 0.25) is 5.76 Å². The molecule has 8 nitrogen and oxygen atoms in total. The van der Waals surface area contributed by atoms with E-state index in [-0.39, 0.29) is 19.7 Å². The molecule has 0 spiro atoms. The molecule has 0 saturated carbocycles. The number of ether oxygens (including phenoxy) is 1. The van der Waals surface area contributed by atoms with Crippen molar-refractivity contribution in [3.63, 3.8) is 0 Å². The monoisotopic (exact) mass is 317 g/mol. The Balaban J connectivity index is 1.79. The maximum absolute atomic E-state index is 12.8. The number of aromatic amines is 1. The van der Waals surface area contributed by atoms with Gasteiger partial charge in [0, 0.05) is 6.54 Å². The van der Waals surface area contributed by atoms with Gasteiger partial charge < -0.3 is 14.1 Å². The fourth-order valence-corrected chi connectivity index (χ4v) is 2.12. The number of hydrogen-bond donors (Lipinski definition) is 1. The van der Waals surface area contributed by atoms with Crippen LogP contribution in [0, 0.1) is 0 Å². The van der Waals surface area contributed by atoms with Gasteiger partial charge in [-0.25, -0.2) is 9.97 Å². The molecule has 2 aromatic rings. The van der Waals surface area contributed by atoms with E-state index in [1.807, 2.05) is 0 Å². The third kappa shape index (κ3) is 2.66. The van der Waals surface area contributed by atoms with E-state index >= 15 is 0 Å². The summed E-state index contributed by atoms with van der Waals surface area (Å²) in [4.78, 5) is 20.8. The Labute approximate surface area is 121 Å². The van der Waals surface area contributed by atoms with Crippen LogP contribution in [0.1, 0.15) is 28.2 Å². The summed E-state index contributed by atoms with van der Waals surface area (Å²) in [5.41, 5.74) is -0.759. The Morgan fingerprint density at radius 3 is 2.91 bits per heavy atom. The first-order valence-electron chi connectivity index (χ1n) is 6.23. The Bertz CT molecular complexity index is 654. The van der Waals surface area contributed by atoms with Crippen molar-refractivity contribution in [3.05, 3.63) is 30.0 Å². The summed E-state index contributed by atoms with van der Waals surface area (Å²) in [6.45, 7) is 0.349. The number of nitrogens with zero attached hydrogens (tertiary/aromatic N) is 4. The van der Waals surface area contributed by atoms with Crippen molar-refractivity contribution >= 4 is 5.91 Å². The lowest BCUT2D eigenvalue weighted by atomic mass is 10.2. The highest BCUT2D eigenvalue weighted by molar-refractivity contribution is 5.93. The van der Waals surface area contributed by atoms with Crippen molar-refractivity contribution in [1.29, 1.82) is 0 Å². The van der Waals surface area contributed by atoms with E-state index in [2.05, 4.69) is 24.6 Å². The van der Waals surface area contributed by atoms with Crippen LogP contribution in [0.3, 0.4) is 0 Å². The van der Waals surface area contributed by atoms with Gasteiger partial charge in [-0.3, -0.25) is 9.89 Å². The average molecular weight is 317 g/mol. The van der Waals surface area contributed by atoms with Gasteiger partial charge in [-0.2, -0.15) is 18.3 Å². The zero-order chi connectivity index (χ0) is 15.7. The number of oxazole rings is 1. The molecule has 1 atom stereocenters. The molecule has 3 rings (SSSR count). The Hall–Kier alpha value is -2.43. The molecule has 0 aliphatic carbocycles. The normalized spacial score (nSPS) is 19.4. The van der Waals surface area contributed by atoms with Crippen LogP contribution < -0.4 is 0 Å². The standard InChI is InChI=1S/C11H10F3N5O3/c12-11(13,14)8-7(16-5-22-8)10(20)19-1-2-21-6(3-19)9-15-4-17-18-9/h4-6H,1-3H2,(H,15,17,18). The van der Waals surface area contributed by atoms with Gasteiger partial charge in [0.15, 0.2) is 17.9 Å². The van der Waals surface area contributed by atoms with Crippen LogP contribution in [0.5, 0.6) is 0 Å². The lowest BCUT2D eigenvalue weighted by Crippen LogP contribution is -2.43. The van der Waals surface area contributed by atoms with Crippen LogP contribution in [-0.2, 0) is 10.9 Å². The van der Waals surface area contributed by atoms with Crippen molar-refractivity contribution in [2.45, 2.75) is 12.3 Å². The molecule has 1 aliphatic rings. The number of halogens is 3. The van der Waals surface area contributed by atoms with Crippen LogP contribution >= 0.6 is 0 Å². The topological polar surface area (TPSA) is 97.1 Å². The summed E-state index contributed by atoms with van der Waals surface area (Å²) >= 11 is 0. The number of alkyl halides is 3. The summed E-state index contributed by atoms with van der Waals surface area (Å²) in [5.74, 6) is -1.87. The number of nitrogens with one attached hydrogen (secondary N) is 1. The van der Waals surface area contributed by atoms with Gasteiger partial charge in [0.05, 0.1) is 13.2 Å². The first-order chi connectivity index (χ1) is 10.5. The molecule has 1 unspecified atom stereocenters. The van der Waals surface area contributed by atoms with Crippen molar-refractivity contribution in [1.82, 2.24) is 25.1 Å². The van der Waals surface area contributed by atoms with Gasteiger partial charge in [0.25, 0.3) is 5.91 Å². The lowest BCUT2D eigenvalue weighted by Gasteiger charge is -2.31. The zero-order valence-corrected chi connectivity index (χ0v) is 11.0. The van der Waals surface area contributed by atoms with Crippen molar-refractivity contribution in [3.8, 4) is 0 Å². The predicted octanol–water partition coefficient (Wildman–Crippen LogP) is 1.03. The molecule has 1 saturated heterocycles. The van der Waals surface area contributed by atoms with Gasteiger partial charge in [-0.1, -0.05) is 0 Å². The predicted molar refractivity (Wildman–Crippen MR) is 62.5 cm³/mol. The molecule has 118 valence electrons. The molecule has 1 fully saturated rings. The second kappa shape index (κ2) is 5.40. The third-order valence-corrected chi connectivity index (χ3v) is 3.12. The first kappa shape index (κ1) is 14.5. The molecule has 11 heteroatoms. The summed E-state index contributed by atoms with van der Waals surface area (Å²) < 4.78 is 48.0. The number of carbonyl (C=O) groups excluding carboxylic acids is 1. The summed E-state index contributed by atoms with van der Waals surface area (Å²) in [7, 11) is 0. The summed E-state index contributed by atoms with van der Waals surface area (Å²) in [6.07, 6.45) is -3.48. The number of hydrogen-bond acceptors (Lipinski definition) is 6. The zero-order valence-electron chi connectivity index (χ0n) is 11.0. The molecule has 1 aliphatic heterocycles. The molecule has 0 aromatic carbocycles. The Morgan fingerprint density at radius 2 is 2.23 bits per heavy atom. The van der Waals surface area contributed by atoms with E-state index in [9.17, 15) is 18.0 Å². The van der Waals surface area contributed by atoms with Crippen LogP contribution in [0.25, 0.3) is 0 Å². The minimum atomic E-state index is -4.78. The number of morpholine rings is 1. The smallest absolute Gasteiger partial charge is 0.438 e. The minimum absolute atomic E-state index is 0.0399. The first-order valence-corrected chi connectivity index (χ1v) is 6.23. The summed E-state index contributed by atoms with van der Waals surface area (Å²) in [6, 6.07) is 0. The largest absolute Gasteiger partial charge is 0.452 e.